The summed E-state index contributed by atoms with van der Waals surface area (Å²) in [6.45, 7) is 1.88. The standard InChI is InChI=1S/C13H15NS/c15-8-7-14-10-11-5-6-12-3-1-2-4-13(12)9-11/h1-6,9,14-15H,7-8,10H2. The Morgan fingerprint density at radius 3 is 2.60 bits per heavy atom. The van der Waals surface area contributed by atoms with Crippen LogP contribution < -0.4 is 5.32 Å². The lowest BCUT2D eigenvalue weighted by molar-refractivity contribution is 0.734. The Hall–Kier alpha value is -0.990. The molecule has 0 spiro atoms. The molecule has 0 bridgehead atoms. The van der Waals surface area contributed by atoms with Gasteiger partial charge in [-0.05, 0) is 22.4 Å². The molecular weight excluding hydrogens is 202 g/mol. The molecule has 0 aliphatic heterocycles. The molecule has 0 aliphatic carbocycles. The number of hydrogen-bond donors (Lipinski definition) is 2. The topological polar surface area (TPSA) is 12.0 Å². The van der Waals surface area contributed by atoms with Crippen molar-refractivity contribution in [2.24, 2.45) is 0 Å². The SMILES string of the molecule is SCCNCc1ccc2ccccc2c1. The van der Waals surface area contributed by atoms with Crippen LogP contribution in [-0.2, 0) is 6.54 Å². The van der Waals surface area contributed by atoms with E-state index in [0.717, 1.165) is 18.8 Å². The van der Waals surface area contributed by atoms with Crippen LogP contribution in [0.4, 0.5) is 0 Å². The number of hydrogen-bond acceptors (Lipinski definition) is 2. The van der Waals surface area contributed by atoms with Gasteiger partial charge in [0.25, 0.3) is 0 Å². The van der Waals surface area contributed by atoms with Crippen molar-refractivity contribution in [1.29, 1.82) is 0 Å². The van der Waals surface area contributed by atoms with Gasteiger partial charge in [0.05, 0.1) is 0 Å². The first-order valence-corrected chi connectivity index (χ1v) is 5.82. The van der Waals surface area contributed by atoms with Crippen LogP contribution in [0.5, 0.6) is 0 Å². The first-order valence-electron chi connectivity index (χ1n) is 5.19. The third-order valence-corrected chi connectivity index (χ3v) is 2.66. The number of thiol groups is 1. The highest BCUT2D eigenvalue weighted by molar-refractivity contribution is 7.80. The molecule has 0 aliphatic rings. The van der Waals surface area contributed by atoms with Crippen molar-refractivity contribution >= 4 is 23.4 Å². The molecule has 2 aromatic rings. The summed E-state index contributed by atoms with van der Waals surface area (Å²) in [6, 6.07) is 15.0. The van der Waals surface area contributed by atoms with Gasteiger partial charge in [-0.1, -0.05) is 36.4 Å². The number of nitrogens with one attached hydrogen (secondary N) is 1. The summed E-state index contributed by atoms with van der Waals surface area (Å²) in [4.78, 5) is 0. The molecule has 0 fully saturated rings. The second kappa shape index (κ2) is 5.19. The molecule has 0 heterocycles. The lowest BCUT2D eigenvalue weighted by Crippen LogP contribution is -2.15. The van der Waals surface area contributed by atoms with E-state index in [1.165, 1.54) is 16.3 Å². The second-order valence-electron chi connectivity index (χ2n) is 3.58. The van der Waals surface area contributed by atoms with Gasteiger partial charge < -0.3 is 5.32 Å². The zero-order chi connectivity index (χ0) is 10.5. The van der Waals surface area contributed by atoms with Crippen molar-refractivity contribution in [3.05, 3.63) is 48.0 Å². The highest BCUT2D eigenvalue weighted by atomic mass is 32.1. The minimum absolute atomic E-state index is 0.883. The van der Waals surface area contributed by atoms with Gasteiger partial charge in [0, 0.05) is 18.8 Å². The first-order chi connectivity index (χ1) is 7.40. The van der Waals surface area contributed by atoms with E-state index < -0.39 is 0 Å². The van der Waals surface area contributed by atoms with E-state index in [9.17, 15) is 0 Å². The van der Waals surface area contributed by atoms with E-state index in [-0.39, 0.29) is 0 Å². The summed E-state index contributed by atoms with van der Waals surface area (Å²) >= 11 is 4.16. The van der Waals surface area contributed by atoms with Crippen molar-refractivity contribution in [1.82, 2.24) is 5.32 Å². The Morgan fingerprint density at radius 2 is 1.80 bits per heavy atom. The highest BCUT2D eigenvalue weighted by Gasteiger charge is 1.95. The minimum Gasteiger partial charge on any atom is -0.312 e. The molecule has 0 radical (unpaired) electrons. The van der Waals surface area contributed by atoms with Gasteiger partial charge in [-0.3, -0.25) is 0 Å². The molecule has 2 heteroatoms. The number of benzene rings is 2. The molecule has 0 amide bonds. The molecule has 0 aromatic heterocycles. The van der Waals surface area contributed by atoms with E-state index in [0.29, 0.717) is 0 Å². The van der Waals surface area contributed by atoms with Crippen molar-refractivity contribution in [2.75, 3.05) is 12.3 Å². The average molecular weight is 217 g/mol. The van der Waals surface area contributed by atoms with Crippen molar-refractivity contribution < 1.29 is 0 Å². The summed E-state index contributed by atoms with van der Waals surface area (Å²) in [5.74, 6) is 0.883. The molecule has 0 saturated carbocycles. The van der Waals surface area contributed by atoms with Gasteiger partial charge in [-0.15, -0.1) is 0 Å². The molecule has 0 saturated heterocycles. The fraction of sp³-hybridized carbons (Fsp3) is 0.231. The van der Waals surface area contributed by atoms with Gasteiger partial charge in [0.2, 0.25) is 0 Å². The van der Waals surface area contributed by atoms with E-state index in [4.69, 9.17) is 0 Å². The Labute approximate surface area is 95.9 Å². The van der Waals surface area contributed by atoms with Crippen LogP contribution in [-0.4, -0.2) is 12.3 Å². The van der Waals surface area contributed by atoms with Gasteiger partial charge in [-0.25, -0.2) is 0 Å². The summed E-state index contributed by atoms with van der Waals surface area (Å²) in [5, 5.41) is 5.95. The fourth-order valence-electron chi connectivity index (χ4n) is 1.66. The molecule has 1 N–H and O–H groups in total. The van der Waals surface area contributed by atoms with E-state index in [1.807, 2.05) is 0 Å². The van der Waals surface area contributed by atoms with Crippen LogP contribution >= 0.6 is 12.6 Å². The summed E-state index contributed by atoms with van der Waals surface area (Å²) in [5.41, 5.74) is 1.33. The Balaban J connectivity index is 2.16. The minimum atomic E-state index is 0.883. The van der Waals surface area contributed by atoms with Crippen LogP contribution in [0.15, 0.2) is 42.5 Å². The predicted octanol–water partition coefficient (Wildman–Crippen LogP) is 2.86. The van der Waals surface area contributed by atoms with Crippen LogP contribution in [0.2, 0.25) is 0 Å². The van der Waals surface area contributed by atoms with Crippen LogP contribution in [0.1, 0.15) is 5.56 Å². The van der Waals surface area contributed by atoms with Crippen LogP contribution in [0.25, 0.3) is 10.8 Å². The van der Waals surface area contributed by atoms with Crippen molar-refractivity contribution in [3.63, 3.8) is 0 Å². The fourth-order valence-corrected chi connectivity index (χ4v) is 1.82. The van der Waals surface area contributed by atoms with Gasteiger partial charge in [-0.2, -0.15) is 12.6 Å². The van der Waals surface area contributed by atoms with Crippen LogP contribution in [0.3, 0.4) is 0 Å². The highest BCUT2D eigenvalue weighted by Crippen LogP contribution is 2.15. The first kappa shape index (κ1) is 10.5. The maximum atomic E-state index is 4.16. The van der Waals surface area contributed by atoms with Gasteiger partial charge in [0.15, 0.2) is 0 Å². The normalized spacial score (nSPS) is 10.7. The molecule has 15 heavy (non-hydrogen) atoms. The smallest absolute Gasteiger partial charge is 0.0206 e. The number of fused-ring (bicyclic) bond motifs is 1. The number of rotatable bonds is 4. The van der Waals surface area contributed by atoms with Crippen molar-refractivity contribution in [3.8, 4) is 0 Å². The molecular formula is C13H15NS. The third kappa shape index (κ3) is 2.74. The van der Waals surface area contributed by atoms with Crippen LogP contribution in [0, 0.1) is 0 Å². The Kier molecular flexibility index (Phi) is 3.64. The van der Waals surface area contributed by atoms with Crippen molar-refractivity contribution in [2.45, 2.75) is 6.54 Å². The maximum Gasteiger partial charge on any atom is 0.0206 e. The largest absolute Gasteiger partial charge is 0.312 e. The average Bonchev–Trinajstić information content (AvgIpc) is 2.29. The molecule has 2 aromatic carbocycles. The molecule has 0 unspecified atom stereocenters. The molecule has 2 rings (SSSR count). The zero-order valence-electron chi connectivity index (χ0n) is 8.61. The summed E-state index contributed by atoms with van der Waals surface area (Å²) in [6.07, 6.45) is 0. The maximum absolute atomic E-state index is 4.16. The Bertz CT molecular complexity index is 439. The predicted molar refractivity (Wildman–Crippen MR) is 69.5 cm³/mol. The third-order valence-electron chi connectivity index (χ3n) is 2.43. The van der Waals surface area contributed by atoms with E-state index >= 15 is 0 Å². The monoisotopic (exact) mass is 217 g/mol. The lowest BCUT2D eigenvalue weighted by Gasteiger charge is -2.04. The van der Waals surface area contributed by atoms with Gasteiger partial charge in [0.1, 0.15) is 0 Å². The lowest BCUT2D eigenvalue weighted by atomic mass is 10.1. The summed E-state index contributed by atoms with van der Waals surface area (Å²) in [7, 11) is 0. The zero-order valence-corrected chi connectivity index (χ0v) is 9.50. The molecule has 0 atom stereocenters. The Morgan fingerprint density at radius 1 is 1.00 bits per heavy atom. The quantitative estimate of drug-likeness (QED) is 0.593. The second-order valence-corrected chi connectivity index (χ2v) is 4.03. The summed E-state index contributed by atoms with van der Waals surface area (Å²) < 4.78 is 0. The van der Waals surface area contributed by atoms with E-state index in [2.05, 4.69) is 60.4 Å². The van der Waals surface area contributed by atoms with Gasteiger partial charge >= 0.3 is 0 Å². The molecule has 1 nitrogen and oxygen atoms in total. The van der Waals surface area contributed by atoms with E-state index in [1.54, 1.807) is 0 Å². The molecule has 78 valence electrons.